The molecule has 0 aliphatic rings. The molecule has 0 aromatic heterocycles. The maximum absolute atomic E-state index is 12.1. The number of rotatable bonds is 19. The molecule has 180 valence electrons. The van der Waals surface area contributed by atoms with Crippen LogP contribution in [0.3, 0.4) is 0 Å². The van der Waals surface area contributed by atoms with Gasteiger partial charge in [0.15, 0.2) is 0 Å². The fourth-order valence-corrected chi connectivity index (χ4v) is 3.64. The van der Waals surface area contributed by atoms with E-state index in [0.717, 1.165) is 19.3 Å². The topological polar surface area (TPSA) is 105 Å². The lowest BCUT2D eigenvalue weighted by atomic mass is 10.0. The van der Waals surface area contributed by atoms with Gasteiger partial charge in [-0.15, -0.1) is 0 Å². The Labute approximate surface area is 183 Å². The minimum absolute atomic E-state index is 0.0741. The molecular weight excluding hydrogens is 407 g/mol. The van der Waals surface area contributed by atoms with Gasteiger partial charge >= 0.3 is 7.82 Å². The van der Waals surface area contributed by atoms with E-state index in [2.05, 4.69) is 12.2 Å². The van der Waals surface area contributed by atoms with E-state index in [-0.39, 0.29) is 19.1 Å². The number of nitrogens with zero attached hydrogens (tertiary/aromatic N) is 1. The van der Waals surface area contributed by atoms with Crippen molar-refractivity contribution < 1.29 is 32.9 Å². The predicted molar refractivity (Wildman–Crippen MR) is 120 cm³/mol. The molecule has 3 atom stereocenters. The third-order valence-corrected chi connectivity index (χ3v) is 5.81. The number of hydrogen-bond donors (Lipinski definition) is 3. The molecule has 0 saturated heterocycles. The zero-order valence-corrected chi connectivity index (χ0v) is 20.7. The first kappa shape index (κ1) is 29.5. The van der Waals surface area contributed by atoms with Gasteiger partial charge in [0, 0.05) is 6.42 Å². The Morgan fingerprint density at radius 1 is 1.00 bits per heavy atom. The van der Waals surface area contributed by atoms with Crippen LogP contribution in [0.1, 0.15) is 78.1 Å². The second-order valence-electron chi connectivity index (χ2n) is 9.01. The fourth-order valence-electron chi connectivity index (χ4n) is 2.91. The number of phosphoric acid groups is 1. The van der Waals surface area contributed by atoms with Crippen LogP contribution in [0.25, 0.3) is 0 Å². The lowest BCUT2D eigenvalue weighted by Gasteiger charge is -2.26. The summed E-state index contributed by atoms with van der Waals surface area (Å²) in [5.41, 5.74) is 0. The van der Waals surface area contributed by atoms with Crippen LogP contribution in [0.4, 0.5) is 0 Å². The number of unbranched alkanes of at least 4 members (excludes halogenated alkanes) is 6. The van der Waals surface area contributed by atoms with E-state index < -0.39 is 20.0 Å². The number of aliphatic hydroxyl groups is 1. The monoisotopic (exact) mass is 453 g/mol. The Morgan fingerprint density at radius 2 is 1.60 bits per heavy atom. The van der Waals surface area contributed by atoms with E-state index in [1.165, 1.54) is 25.7 Å². The Morgan fingerprint density at radius 3 is 2.17 bits per heavy atom. The van der Waals surface area contributed by atoms with Gasteiger partial charge in [-0.25, -0.2) is 4.57 Å². The minimum atomic E-state index is -4.25. The van der Waals surface area contributed by atoms with E-state index in [9.17, 15) is 19.4 Å². The van der Waals surface area contributed by atoms with Crippen molar-refractivity contribution in [1.82, 2.24) is 5.32 Å². The van der Waals surface area contributed by atoms with Crippen molar-refractivity contribution >= 4 is 13.7 Å². The zero-order chi connectivity index (χ0) is 23.0. The number of likely N-dealkylation sites (N-methyl/N-ethyl adjacent to an activating group) is 1. The molecule has 3 unspecified atom stereocenters. The van der Waals surface area contributed by atoms with Crippen LogP contribution in [0.15, 0.2) is 0 Å². The van der Waals surface area contributed by atoms with Gasteiger partial charge in [0.05, 0.1) is 39.9 Å². The molecule has 0 aliphatic heterocycles. The summed E-state index contributed by atoms with van der Waals surface area (Å²) >= 11 is 0. The summed E-state index contributed by atoms with van der Waals surface area (Å²) in [6.07, 6.45) is 8.56. The van der Waals surface area contributed by atoms with Crippen LogP contribution in [0, 0.1) is 0 Å². The first-order chi connectivity index (χ1) is 14.0. The van der Waals surface area contributed by atoms with E-state index in [0.29, 0.717) is 30.3 Å². The normalized spacial score (nSPS) is 16.1. The Bertz CT molecular complexity index is 498. The van der Waals surface area contributed by atoms with Gasteiger partial charge < -0.3 is 19.8 Å². The van der Waals surface area contributed by atoms with Gasteiger partial charge in [0.2, 0.25) is 5.91 Å². The number of carbonyl (C=O) groups excluding carboxylic acids is 1. The second kappa shape index (κ2) is 16.2. The van der Waals surface area contributed by atoms with Gasteiger partial charge in [-0.2, -0.15) is 0 Å². The lowest BCUT2D eigenvalue weighted by molar-refractivity contribution is -0.870. The number of hydrogen-bond acceptors (Lipinski definition) is 5. The maximum Gasteiger partial charge on any atom is 0.472 e. The summed E-state index contributed by atoms with van der Waals surface area (Å²) in [5.74, 6) is -0.205. The molecule has 8 nitrogen and oxygen atoms in total. The molecule has 0 aromatic carbocycles. The largest absolute Gasteiger partial charge is 0.472 e. The number of phosphoric ester groups is 1. The minimum Gasteiger partial charge on any atom is -0.391 e. The smallest absolute Gasteiger partial charge is 0.391 e. The molecule has 0 fully saturated rings. The standard InChI is InChI=1S/C21H45N2O6P/c1-6-8-9-10-11-12-13-15-20(24)19(22-21(25)14-7-2)18-29-30(26,27)28-17-16-23(3,4)5/h19-20,24H,6-18H2,1-5H3,(H-,22,25,26,27)/p+1. The lowest BCUT2D eigenvalue weighted by Crippen LogP contribution is -2.46. The number of carbonyl (C=O) groups is 1. The van der Waals surface area contributed by atoms with Gasteiger partial charge in [-0.1, -0.05) is 58.8 Å². The first-order valence-electron chi connectivity index (χ1n) is 11.4. The molecule has 1 amide bonds. The van der Waals surface area contributed by atoms with Crippen LogP contribution in [-0.2, 0) is 18.4 Å². The van der Waals surface area contributed by atoms with Crippen LogP contribution >= 0.6 is 7.82 Å². The van der Waals surface area contributed by atoms with Crippen molar-refractivity contribution in [3.63, 3.8) is 0 Å². The Hall–Kier alpha value is -0.500. The molecule has 0 bridgehead atoms. The molecule has 30 heavy (non-hydrogen) atoms. The first-order valence-corrected chi connectivity index (χ1v) is 12.9. The van der Waals surface area contributed by atoms with Crippen molar-refractivity contribution in [3.8, 4) is 0 Å². The van der Waals surface area contributed by atoms with Gasteiger partial charge in [-0.3, -0.25) is 13.8 Å². The van der Waals surface area contributed by atoms with E-state index >= 15 is 0 Å². The highest BCUT2D eigenvalue weighted by molar-refractivity contribution is 7.47. The summed E-state index contributed by atoms with van der Waals surface area (Å²) in [4.78, 5) is 21.9. The Balaban J connectivity index is 4.53. The number of nitrogens with one attached hydrogen (secondary N) is 1. The molecule has 0 spiro atoms. The van der Waals surface area contributed by atoms with Crippen molar-refractivity contribution in [2.45, 2.75) is 90.2 Å². The summed E-state index contributed by atoms with van der Waals surface area (Å²) < 4.78 is 22.8. The summed E-state index contributed by atoms with van der Waals surface area (Å²) in [7, 11) is 1.60. The predicted octanol–water partition coefficient (Wildman–Crippen LogP) is 3.61. The summed E-state index contributed by atoms with van der Waals surface area (Å²) in [5, 5.41) is 13.3. The Kier molecular flexibility index (Phi) is 15.9. The third kappa shape index (κ3) is 17.2. The molecule has 0 saturated carbocycles. The van der Waals surface area contributed by atoms with Gasteiger partial charge in [0.25, 0.3) is 0 Å². The quantitative estimate of drug-likeness (QED) is 0.157. The fraction of sp³-hybridized carbons (Fsp3) is 0.952. The highest BCUT2D eigenvalue weighted by atomic mass is 31.2. The van der Waals surface area contributed by atoms with Crippen LogP contribution < -0.4 is 5.32 Å². The second-order valence-corrected chi connectivity index (χ2v) is 10.5. The molecule has 0 radical (unpaired) electrons. The van der Waals surface area contributed by atoms with Crippen LogP contribution in [0.5, 0.6) is 0 Å². The van der Waals surface area contributed by atoms with Crippen molar-refractivity contribution in [3.05, 3.63) is 0 Å². The van der Waals surface area contributed by atoms with Crippen LogP contribution in [0.2, 0.25) is 0 Å². The highest BCUT2D eigenvalue weighted by Crippen LogP contribution is 2.43. The van der Waals surface area contributed by atoms with Crippen molar-refractivity contribution in [2.24, 2.45) is 0 Å². The van der Waals surface area contributed by atoms with Gasteiger partial charge in [-0.05, 0) is 12.8 Å². The van der Waals surface area contributed by atoms with Gasteiger partial charge in [0.1, 0.15) is 13.2 Å². The summed E-state index contributed by atoms with van der Waals surface area (Å²) in [6.45, 7) is 4.43. The zero-order valence-electron chi connectivity index (χ0n) is 19.8. The molecular formula is C21H46N2O6P+. The average molecular weight is 454 g/mol. The molecule has 0 aromatic rings. The van der Waals surface area contributed by atoms with E-state index in [1.54, 1.807) is 0 Å². The third-order valence-electron chi connectivity index (χ3n) is 4.83. The van der Waals surface area contributed by atoms with Crippen LogP contribution in [-0.4, -0.2) is 73.4 Å². The number of aliphatic hydroxyl groups excluding tert-OH is 1. The van der Waals surface area contributed by atoms with Crippen molar-refractivity contribution in [1.29, 1.82) is 0 Å². The number of amides is 1. The molecule has 0 rings (SSSR count). The average Bonchev–Trinajstić information content (AvgIpc) is 2.63. The molecule has 0 heterocycles. The van der Waals surface area contributed by atoms with E-state index in [4.69, 9.17) is 9.05 Å². The molecule has 3 N–H and O–H groups in total. The van der Waals surface area contributed by atoms with Crippen molar-refractivity contribution in [2.75, 3.05) is 40.9 Å². The SMILES string of the molecule is CCCCCCCCCC(O)C(COP(=O)(O)OCC[N+](C)(C)C)NC(=O)CCC. The molecule has 0 aliphatic carbocycles. The highest BCUT2D eigenvalue weighted by Gasteiger charge is 2.28. The summed E-state index contributed by atoms with van der Waals surface area (Å²) in [6, 6.07) is -0.744. The maximum atomic E-state index is 12.1. The number of quaternary nitrogens is 1. The van der Waals surface area contributed by atoms with E-state index in [1.807, 2.05) is 28.1 Å². The molecule has 9 heteroatoms.